The van der Waals surface area contributed by atoms with Crippen LogP contribution in [-0.4, -0.2) is 44.8 Å². The van der Waals surface area contributed by atoms with Crippen molar-refractivity contribution in [2.45, 2.75) is 57.9 Å². The number of nitrogens with zero attached hydrogens (tertiary/aromatic N) is 5. The third-order valence-electron chi connectivity index (χ3n) is 5.54. The molecule has 0 unspecified atom stereocenters. The van der Waals surface area contributed by atoms with Crippen molar-refractivity contribution in [2.75, 3.05) is 18.0 Å². The van der Waals surface area contributed by atoms with Crippen LogP contribution in [0.5, 0.6) is 0 Å². The normalized spacial score (nSPS) is 19.6. The van der Waals surface area contributed by atoms with Gasteiger partial charge in [-0.15, -0.1) is 15.3 Å². The maximum Gasteiger partial charge on any atom is 0.220 e. The largest absolute Gasteiger partial charge is 0.355 e. The number of rotatable bonds is 4. The van der Waals surface area contributed by atoms with Gasteiger partial charge in [0.25, 0.3) is 0 Å². The van der Waals surface area contributed by atoms with Crippen LogP contribution in [0.25, 0.3) is 5.65 Å². The number of hydrogen-bond acceptors (Lipinski definition) is 5. The third-order valence-corrected chi connectivity index (χ3v) is 5.54. The highest BCUT2D eigenvalue weighted by atomic mass is 16.1. The molecular weight excluding hydrogens is 316 g/mol. The molecule has 2 aliphatic rings. The molecule has 0 spiro atoms. The minimum absolute atomic E-state index is 0.241. The monoisotopic (exact) mass is 342 g/mol. The van der Waals surface area contributed by atoms with E-state index in [9.17, 15) is 4.79 Å². The summed E-state index contributed by atoms with van der Waals surface area (Å²) in [4.78, 5) is 14.5. The summed E-state index contributed by atoms with van der Waals surface area (Å²) in [5, 5.41) is 16.0. The molecule has 134 valence electrons. The van der Waals surface area contributed by atoms with Gasteiger partial charge in [-0.3, -0.25) is 4.79 Å². The first-order valence-corrected chi connectivity index (χ1v) is 9.42. The fourth-order valence-electron chi connectivity index (χ4n) is 4.04. The molecule has 1 aliphatic carbocycles. The van der Waals surface area contributed by atoms with Crippen molar-refractivity contribution in [1.29, 1.82) is 0 Å². The second-order valence-electron chi connectivity index (χ2n) is 7.39. The Hall–Kier alpha value is -2.18. The molecule has 1 amide bonds. The molecule has 0 aromatic carbocycles. The second kappa shape index (κ2) is 6.98. The van der Waals surface area contributed by atoms with Crippen LogP contribution < -0.4 is 10.2 Å². The van der Waals surface area contributed by atoms with Crippen molar-refractivity contribution in [3.8, 4) is 0 Å². The Bertz CT molecular complexity index is 743. The second-order valence-corrected chi connectivity index (χ2v) is 7.39. The Kier molecular flexibility index (Phi) is 4.55. The number of fused-ring (bicyclic) bond motifs is 1. The molecule has 7 heteroatoms. The summed E-state index contributed by atoms with van der Waals surface area (Å²) < 4.78 is 1.79. The maximum atomic E-state index is 12.2. The number of carbonyl (C=O) groups excluding carboxylic acids is 1. The van der Waals surface area contributed by atoms with E-state index >= 15 is 0 Å². The molecule has 0 atom stereocenters. The number of nitrogens with one attached hydrogen (secondary N) is 1. The predicted octanol–water partition coefficient (Wildman–Crippen LogP) is 2.10. The van der Waals surface area contributed by atoms with Crippen molar-refractivity contribution in [3.63, 3.8) is 0 Å². The van der Waals surface area contributed by atoms with Crippen LogP contribution >= 0.6 is 0 Å². The predicted molar refractivity (Wildman–Crippen MR) is 95.5 cm³/mol. The van der Waals surface area contributed by atoms with Gasteiger partial charge in [0.05, 0.1) is 0 Å². The fraction of sp³-hybridized carbons (Fsp3) is 0.667. The van der Waals surface area contributed by atoms with E-state index in [0.29, 0.717) is 18.4 Å². The number of anilines is 1. The molecular formula is C18H26N6O. The van der Waals surface area contributed by atoms with Gasteiger partial charge in [0, 0.05) is 25.6 Å². The molecule has 4 rings (SSSR count). The van der Waals surface area contributed by atoms with Crippen LogP contribution in [0.15, 0.2) is 12.1 Å². The highest BCUT2D eigenvalue weighted by Crippen LogP contribution is 2.25. The van der Waals surface area contributed by atoms with E-state index in [1.54, 1.807) is 4.52 Å². The van der Waals surface area contributed by atoms with E-state index in [1.807, 2.05) is 19.1 Å². The van der Waals surface area contributed by atoms with E-state index in [2.05, 4.69) is 25.5 Å². The highest BCUT2D eigenvalue weighted by molar-refractivity contribution is 5.76. The van der Waals surface area contributed by atoms with E-state index in [-0.39, 0.29) is 5.91 Å². The standard InChI is InChI=1S/C18H26N6O/c1-13-20-21-16-6-7-17(22-24(13)16)23-10-8-14(9-11-23)12-18(25)19-15-4-2-3-5-15/h6-7,14-15H,2-5,8-12H2,1H3,(H,19,25). The van der Waals surface area contributed by atoms with Crippen molar-refractivity contribution >= 4 is 17.4 Å². The summed E-state index contributed by atoms with van der Waals surface area (Å²) in [6.07, 6.45) is 7.57. The van der Waals surface area contributed by atoms with Gasteiger partial charge in [0.2, 0.25) is 5.91 Å². The van der Waals surface area contributed by atoms with Crippen molar-refractivity contribution in [2.24, 2.45) is 5.92 Å². The summed E-state index contributed by atoms with van der Waals surface area (Å²) in [5.41, 5.74) is 0.778. The zero-order valence-corrected chi connectivity index (χ0v) is 14.8. The van der Waals surface area contributed by atoms with Gasteiger partial charge < -0.3 is 10.2 Å². The maximum absolute atomic E-state index is 12.2. The number of aryl methyl sites for hydroxylation is 1. The number of carbonyl (C=O) groups is 1. The van der Waals surface area contributed by atoms with Crippen molar-refractivity contribution < 1.29 is 4.79 Å². The van der Waals surface area contributed by atoms with Crippen LogP contribution in [-0.2, 0) is 4.79 Å². The lowest BCUT2D eigenvalue weighted by Crippen LogP contribution is -2.38. The molecule has 0 bridgehead atoms. The first-order chi connectivity index (χ1) is 12.2. The number of aromatic nitrogens is 4. The van der Waals surface area contributed by atoms with Crippen LogP contribution in [0.4, 0.5) is 5.82 Å². The number of piperidine rings is 1. The Morgan fingerprint density at radius 2 is 1.92 bits per heavy atom. The van der Waals surface area contributed by atoms with Crippen LogP contribution in [0, 0.1) is 12.8 Å². The third kappa shape index (κ3) is 3.60. The molecule has 0 radical (unpaired) electrons. The molecule has 3 heterocycles. The van der Waals surface area contributed by atoms with Gasteiger partial charge >= 0.3 is 0 Å². The topological polar surface area (TPSA) is 75.4 Å². The van der Waals surface area contributed by atoms with Crippen molar-refractivity contribution in [1.82, 2.24) is 25.1 Å². The first-order valence-electron chi connectivity index (χ1n) is 9.42. The lowest BCUT2D eigenvalue weighted by Gasteiger charge is -2.32. The first kappa shape index (κ1) is 16.3. The molecule has 1 N–H and O–H groups in total. The highest BCUT2D eigenvalue weighted by Gasteiger charge is 2.24. The Morgan fingerprint density at radius 3 is 2.68 bits per heavy atom. The van der Waals surface area contributed by atoms with E-state index < -0.39 is 0 Å². The van der Waals surface area contributed by atoms with Gasteiger partial charge in [0.1, 0.15) is 5.82 Å². The molecule has 2 fully saturated rings. The fourth-order valence-corrected chi connectivity index (χ4v) is 4.04. The van der Waals surface area contributed by atoms with E-state index in [4.69, 9.17) is 0 Å². The molecule has 1 aliphatic heterocycles. The minimum atomic E-state index is 0.241. The van der Waals surface area contributed by atoms with E-state index in [1.165, 1.54) is 12.8 Å². The quantitative estimate of drug-likeness (QED) is 0.921. The van der Waals surface area contributed by atoms with Gasteiger partial charge in [0.15, 0.2) is 11.5 Å². The summed E-state index contributed by atoms with van der Waals surface area (Å²) in [5.74, 6) is 2.49. The average molecular weight is 342 g/mol. The summed E-state index contributed by atoms with van der Waals surface area (Å²) in [6, 6.07) is 4.40. The molecule has 7 nitrogen and oxygen atoms in total. The smallest absolute Gasteiger partial charge is 0.220 e. The van der Waals surface area contributed by atoms with Gasteiger partial charge in [-0.2, -0.15) is 4.52 Å². The zero-order valence-electron chi connectivity index (χ0n) is 14.8. The summed E-state index contributed by atoms with van der Waals surface area (Å²) >= 11 is 0. The average Bonchev–Trinajstić information content (AvgIpc) is 3.25. The number of amides is 1. The van der Waals surface area contributed by atoms with E-state index in [0.717, 1.165) is 56.1 Å². The summed E-state index contributed by atoms with van der Waals surface area (Å²) in [6.45, 7) is 3.80. The number of hydrogen-bond donors (Lipinski definition) is 1. The van der Waals surface area contributed by atoms with Gasteiger partial charge in [-0.05, 0) is 50.7 Å². The molecule has 25 heavy (non-hydrogen) atoms. The minimum Gasteiger partial charge on any atom is -0.355 e. The molecule has 1 saturated carbocycles. The van der Waals surface area contributed by atoms with Crippen LogP contribution in [0.3, 0.4) is 0 Å². The van der Waals surface area contributed by atoms with Crippen LogP contribution in [0.2, 0.25) is 0 Å². The molecule has 2 aromatic heterocycles. The summed E-state index contributed by atoms with van der Waals surface area (Å²) in [7, 11) is 0. The Balaban J connectivity index is 1.31. The van der Waals surface area contributed by atoms with Crippen LogP contribution in [0.1, 0.15) is 50.8 Å². The van der Waals surface area contributed by atoms with Crippen molar-refractivity contribution in [3.05, 3.63) is 18.0 Å². The lowest BCUT2D eigenvalue weighted by molar-refractivity contribution is -0.122. The Labute approximate surface area is 147 Å². The lowest BCUT2D eigenvalue weighted by atomic mass is 9.93. The van der Waals surface area contributed by atoms with Gasteiger partial charge in [-0.25, -0.2) is 0 Å². The Morgan fingerprint density at radius 1 is 1.16 bits per heavy atom. The SMILES string of the molecule is Cc1nnc2ccc(N3CCC(CC(=O)NC4CCCC4)CC3)nn12. The molecule has 2 aromatic rings. The zero-order chi connectivity index (χ0) is 17.2. The molecule has 1 saturated heterocycles. The van der Waals surface area contributed by atoms with Gasteiger partial charge in [-0.1, -0.05) is 12.8 Å².